The minimum atomic E-state index is 0.0254. The fraction of sp³-hybridized carbons (Fsp3) is 0.692. The van der Waals surface area contributed by atoms with Gasteiger partial charge in [-0.25, -0.2) is 0 Å². The normalized spacial score (nSPS) is 17.5. The smallest absolute Gasteiger partial charge is 0.101 e. The largest absolute Gasteiger partial charge is 0.303 e. The molecule has 0 heterocycles. The summed E-state index contributed by atoms with van der Waals surface area (Å²) in [5, 5.41) is 16.8. The van der Waals surface area contributed by atoms with Crippen LogP contribution >= 0.6 is 0 Å². The molecule has 0 atom stereocenters. The lowest BCUT2D eigenvalue weighted by atomic mass is 9.84. The van der Waals surface area contributed by atoms with Gasteiger partial charge in [0.2, 0.25) is 0 Å². The average Bonchev–Trinajstić information content (AvgIpc) is 3.03. The van der Waals surface area contributed by atoms with Gasteiger partial charge in [0.05, 0.1) is 11.3 Å². The first-order valence-corrected chi connectivity index (χ1v) is 5.74. The van der Waals surface area contributed by atoms with Gasteiger partial charge in [-0.05, 0) is 25.7 Å². The second-order valence-electron chi connectivity index (χ2n) is 4.00. The molecule has 84 valence electrons. The third-order valence-electron chi connectivity index (χ3n) is 3.07. The predicted octanol–water partition coefficient (Wildman–Crippen LogP) is 3.94. The van der Waals surface area contributed by atoms with Crippen LogP contribution in [0.4, 0.5) is 0 Å². The van der Waals surface area contributed by atoms with Gasteiger partial charge in [0.1, 0.15) is 6.07 Å². The van der Waals surface area contributed by atoms with Crippen molar-refractivity contribution in [3.05, 3.63) is 11.6 Å². The highest BCUT2D eigenvalue weighted by molar-refractivity contribution is 6.06. The summed E-state index contributed by atoms with van der Waals surface area (Å²) in [6, 6.07) is 2.09. The molecule has 15 heavy (non-hydrogen) atoms. The first-order valence-electron chi connectivity index (χ1n) is 5.74. The minimum Gasteiger partial charge on any atom is -0.303 e. The van der Waals surface area contributed by atoms with Crippen molar-refractivity contribution in [3.8, 4) is 6.07 Å². The number of rotatable bonds is 3. The minimum absolute atomic E-state index is 0.0254. The second-order valence-corrected chi connectivity index (χ2v) is 4.00. The van der Waals surface area contributed by atoms with Gasteiger partial charge in [0, 0.05) is 5.41 Å². The molecule has 0 saturated heterocycles. The van der Waals surface area contributed by atoms with E-state index in [-0.39, 0.29) is 5.41 Å². The van der Waals surface area contributed by atoms with Gasteiger partial charge in [0.25, 0.3) is 0 Å². The quantitative estimate of drug-likeness (QED) is 0.552. The molecule has 0 radical (unpaired) electrons. The molecular weight excluding hydrogens is 184 g/mol. The van der Waals surface area contributed by atoms with Crippen molar-refractivity contribution in [1.82, 2.24) is 0 Å². The molecule has 1 N–H and O–H groups in total. The van der Waals surface area contributed by atoms with Gasteiger partial charge in [-0.1, -0.05) is 33.8 Å². The van der Waals surface area contributed by atoms with Crippen LogP contribution in [0.1, 0.15) is 47.5 Å². The highest BCUT2D eigenvalue weighted by Crippen LogP contribution is 2.53. The molecule has 1 aliphatic carbocycles. The number of nitriles is 1. The van der Waals surface area contributed by atoms with E-state index in [0.717, 1.165) is 12.8 Å². The highest BCUT2D eigenvalue weighted by Gasteiger charge is 2.49. The van der Waals surface area contributed by atoms with Crippen LogP contribution in [0.15, 0.2) is 11.6 Å². The van der Waals surface area contributed by atoms with Crippen molar-refractivity contribution in [2.24, 2.45) is 11.3 Å². The van der Waals surface area contributed by atoms with Gasteiger partial charge in [0.15, 0.2) is 0 Å². The van der Waals surface area contributed by atoms with E-state index >= 15 is 0 Å². The summed E-state index contributed by atoms with van der Waals surface area (Å²) in [6.45, 7) is 10.1. The van der Waals surface area contributed by atoms with Crippen molar-refractivity contribution in [2.75, 3.05) is 0 Å². The zero-order chi connectivity index (χ0) is 12.1. The van der Waals surface area contributed by atoms with E-state index in [9.17, 15) is 0 Å². The monoisotopic (exact) mass is 206 g/mol. The zero-order valence-corrected chi connectivity index (χ0v) is 10.5. The lowest BCUT2D eigenvalue weighted by Crippen LogP contribution is -2.22. The van der Waals surface area contributed by atoms with Crippen LogP contribution in [0.3, 0.4) is 0 Å². The van der Waals surface area contributed by atoms with Gasteiger partial charge >= 0.3 is 0 Å². The number of allylic oxidation sites excluding steroid dienone is 2. The molecule has 2 heteroatoms. The van der Waals surface area contributed by atoms with E-state index in [0.29, 0.717) is 17.2 Å². The molecule has 0 spiro atoms. The molecule has 0 unspecified atom stereocenters. The van der Waals surface area contributed by atoms with Crippen molar-refractivity contribution in [2.45, 2.75) is 47.5 Å². The Kier molecular flexibility index (Phi) is 5.28. The molecular formula is C13H22N2. The SMILES string of the molecule is C/C=C(/C#N)C(=N)C1(C(C)C)CC1.CC. The molecule has 1 rings (SSSR count). The highest BCUT2D eigenvalue weighted by atomic mass is 14.6. The summed E-state index contributed by atoms with van der Waals surface area (Å²) in [5.41, 5.74) is 1.12. The third-order valence-corrected chi connectivity index (χ3v) is 3.07. The van der Waals surface area contributed by atoms with Crippen molar-refractivity contribution in [3.63, 3.8) is 0 Å². The third kappa shape index (κ3) is 2.68. The Morgan fingerprint density at radius 1 is 1.40 bits per heavy atom. The molecule has 0 bridgehead atoms. The lowest BCUT2D eigenvalue weighted by molar-refractivity contribution is 0.477. The van der Waals surface area contributed by atoms with E-state index < -0.39 is 0 Å². The Labute approximate surface area is 93.5 Å². The lowest BCUT2D eigenvalue weighted by Gasteiger charge is -2.19. The Morgan fingerprint density at radius 2 is 1.87 bits per heavy atom. The maximum atomic E-state index is 8.81. The fourth-order valence-corrected chi connectivity index (χ4v) is 1.78. The Balaban J connectivity index is 0.000000921. The second kappa shape index (κ2) is 5.70. The fourth-order valence-electron chi connectivity index (χ4n) is 1.78. The summed E-state index contributed by atoms with van der Waals surface area (Å²) in [6.07, 6.45) is 3.88. The maximum absolute atomic E-state index is 8.81. The number of nitrogens with one attached hydrogen (secondary N) is 1. The first-order chi connectivity index (χ1) is 7.08. The van der Waals surface area contributed by atoms with Crippen molar-refractivity contribution < 1.29 is 0 Å². The van der Waals surface area contributed by atoms with Crippen LogP contribution in [-0.2, 0) is 0 Å². The number of hydrogen-bond acceptors (Lipinski definition) is 2. The molecule has 0 amide bonds. The van der Waals surface area contributed by atoms with E-state index in [2.05, 4.69) is 19.9 Å². The molecule has 2 nitrogen and oxygen atoms in total. The standard InChI is InChI=1S/C11H16N2.C2H6/c1-4-9(7-12)10(13)11(5-6-11)8(2)3;1-2/h4,8,13H,5-6H2,1-3H3;1-2H3/b9-4-,13-10?;. The average molecular weight is 206 g/mol. The van der Waals surface area contributed by atoms with Gasteiger partial charge < -0.3 is 5.41 Å². The predicted molar refractivity (Wildman–Crippen MR) is 64.9 cm³/mol. The van der Waals surface area contributed by atoms with Crippen LogP contribution in [0.5, 0.6) is 0 Å². The maximum Gasteiger partial charge on any atom is 0.101 e. The number of hydrogen-bond donors (Lipinski definition) is 1. The van der Waals surface area contributed by atoms with Crippen LogP contribution < -0.4 is 0 Å². The van der Waals surface area contributed by atoms with Crippen LogP contribution in [0, 0.1) is 28.1 Å². The van der Waals surface area contributed by atoms with Crippen LogP contribution in [-0.4, -0.2) is 5.71 Å². The van der Waals surface area contributed by atoms with Crippen molar-refractivity contribution >= 4 is 5.71 Å². The van der Waals surface area contributed by atoms with Crippen LogP contribution in [0.2, 0.25) is 0 Å². The van der Waals surface area contributed by atoms with Gasteiger partial charge in [-0.2, -0.15) is 5.26 Å². The summed E-state index contributed by atoms with van der Waals surface area (Å²) in [7, 11) is 0. The van der Waals surface area contributed by atoms with Gasteiger partial charge in [-0.3, -0.25) is 0 Å². The molecule has 1 fully saturated rings. The molecule has 0 aromatic rings. The molecule has 1 aliphatic rings. The summed E-state index contributed by atoms with van der Waals surface area (Å²) >= 11 is 0. The Hall–Kier alpha value is -1.10. The topological polar surface area (TPSA) is 47.6 Å². The zero-order valence-electron chi connectivity index (χ0n) is 10.5. The van der Waals surface area contributed by atoms with Crippen molar-refractivity contribution in [1.29, 1.82) is 10.7 Å². The Morgan fingerprint density at radius 3 is 2.07 bits per heavy atom. The van der Waals surface area contributed by atoms with Gasteiger partial charge in [-0.15, -0.1) is 0 Å². The van der Waals surface area contributed by atoms with E-state index in [1.165, 1.54) is 0 Å². The van der Waals surface area contributed by atoms with E-state index in [4.69, 9.17) is 10.7 Å². The van der Waals surface area contributed by atoms with Crippen LogP contribution in [0.25, 0.3) is 0 Å². The summed E-state index contributed by atoms with van der Waals surface area (Å²) in [4.78, 5) is 0. The summed E-state index contributed by atoms with van der Waals surface area (Å²) < 4.78 is 0. The molecule has 0 aliphatic heterocycles. The molecule has 0 aromatic carbocycles. The number of nitrogens with zero attached hydrogens (tertiary/aromatic N) is 1. The van der Waals surface area contributed by atoms with E-state index in [1.54, 1.807) is 6.08 Å². The first kappa shape index (κ1) is 13.9. The Bertz CT molecular complexity index is 288. The van der Waals surface area contributed by atoms with E-state index in [1.807, 2.05) is 20.8 Å². The molecule has 1 saturated carbocycles. The summed E-state index contributed by atoms with van der Waals surface area (Å²) in [5.74, 6) is 0.475. The molecule has 0 aromatic heterocycles.